The molecule has 3 rings (SSSR count). The Morgan fingerprint density at radius 2 is 2.00 bits per heavy atom. The van der Waals surface area contributed by atoms with Gasteiger partial charge in [-0.25, -0.2) is 13.8 Å². The van der Waals surface area contributed by atoms with Gasteiger partial charge in [-0.05, 0) is 24.3 Å². The van der Waals surface area contributed by atoms with Crippen molar-refractivity contribution >= 4 is 11.2 Å². The van der Waals surface area contributed by atoms with E-state index >= 15 is 0 Å². The number of rotatable bonds is 1. The first-order valence-corrected chi connectivity index (χ1v) is 4.87. The maximum absolute atomic E-state index is 13.6. The van der Waals surface area contributed by atoms with E-state index in [1.54, 1.807) is 18.3 Å². The zero-order valence-corrected chi connectivity index (χ0v) is 8.51. The first-order chi connectivity index (χ1) is 8.25. The normalized spacial score (nSPS) is 10.9. The summed E-state index contributed by atoms with van der Waals surface area (Å²) in [5.41, 5.74) is 1.10. The van der Waals surface area contributed by atoms with Crippen LogP contribution in [-0.2, 0) is 0 Å². The van der Waals surface area contributed by atoms with Crippen molar-refractivity contribution in [3.05, 3.63) is 48.2 Å². The Morgan fingerprint density at radius 1 is 1.12 bits per heavy atom. The maximum Gasteiger partial charge on any atom is 0.183 e. The number of hydrogen-bond donors (Lipinski definition) is 0. The van der Waals surface area contributed by atoms with Crippen LogP contribution >= 0.6 is 0 Å². The summed E-state index contributed by atoms with van der Waals surface area (Å²) in [6.07, 6.45) is 1.56. The zero-order chi connectivity index (χ0) is 11.8. The minimum Gasteiger partial charge on any atom is -0.235 e. The molecule has 0 N–H and O–H groups in total. The van der Waals surface area contributed by atoms with Crippen LogP contribution in [0, 0.1) is 11.6 Å². The van der Waals surface area contributed by atoms with Crippen molar-refractivity contribution in [1.29, 1.82) is 0 Å². The van der Waals surface area contributed by atoms with E-state index in [4.69, 9.17) is 0 Å². The van der Waals surface area contributed by atoms with Crippen molar-refractivity contribution in [3.8, 4) is 5.69 Å². The lowest BCUT2D eigenvalue weighted by Crippen LogP contribution is -2.01. The number of halogens is 2. The van der Waals surface area contributed by atoms with Crippen molar-refractivity contribution in [2.45, 2.75) is 0 Å². The summed E-state index contributed by atoms with van der Waals surface area (Å²) in [5.74, 6) is -1.34. The highest BCUT2D eigenvalue weighted by molar-refractivity contribution is 5.71. The van der Waals surface area contributed by atoms with Gasteiger partial charge in [0.2, 0.25) is 0 Å². The lowest BCUT2D eigenvalue weighted by molar-refractivity contribution is 0.573. The highest BCUT2D eigenvalue weighted by atomic mass is 19.1. The number of hydrogen-bond acceptors (Lipinski definition) is 3. The summed E-state index contributed by atoms with van der Waals surface area (Å²) in [7, 11) is 0. The molecule has 0 spiro atoms. The summed E-state index contributed by atoms with van der Waals surface area (Å²) in [6, 6.07) is 6.68. The van der Waals surface area contributed by atoms with E-state index in [0.717, 1.165) is 12.1 Å². The van der Waals surface area contributed by atoms with E-state index in [1.165, 1.54) is 10.7 Å². The second kappa shape index (κ2) is 3.58. The first kappa shape index (κ1) is 9.83. The van der Waals surface area contributed by atoms with Gasteiger partial charge in [-0.3, -0.25) is 0 Å². The molecule has 3 aromatic rings. The van der Waals surface area contributed by atoms with E-state index < -0.39 is 11.6 Å². The van der Waals surface area contributed by atoms with Crippen LogP contribution in [0.3, 0.4) is 0 Å². The fourth-order valence-corrected chi connectivity index (χ4v) is 1.58. The molecule has 0 saturated carbocycles. The van der Waals surface area contributed by atoms with E-state index in [1.807, 2.05) is 0 Å². The molecule has 0 unspecified atom stereocenters. The third-order valence-electron chi connectivity index (χ3n) is 2.35. The van der Waals surface area contributed by atoms with Gasteiger partial charge in [0.25, 0.3) is 0 Å². The maximum atomic E-state index is 13.6. The monoisotopic (exact) mass is 232 g/mol. The molecule has 0 aliphatic heterocycles. The molecule has 4 nitrogen and oxygen atoms in total. The van der Waals surface area contributed by atoms with Crippen molar-refractivity contribution in [2.24, 2.45) is 0 Å². The SMILES string of the molecule is Fc1ccc(-n2nnc3cccnc32)c(F)c1. The quantitative estimate of drug-likeness (QED) is 0.645. The van der Waals surface area contributed by atoms with Gasteiger partial charge in [0.05, 0.1) is 0 Å². The fraction of sp³-hybridized carbons (Fsp3) is 0. The number of pyridine rings is 1. The molecule has 0 amide bonds. The van der Waals surface area contributed by atoms with E-state index in [0.29, 0.717) is 11.2 Å². The second-order valence-electron chi connectivity index (χ2n) is 3.44. The summed E-state index contributed by atoms with van der Waals surface area (Å²) >= 11 is 0. The van der Waals surface area contributed by atoms with E-state index in [9.17, 15) is 8.78 Å². The van der Waals surface area contributed by atoms with Gasteiger partial charge in [-0.2, -0.15) is 4.68 Å². The molecule has 1 aromatic carbocycles. The first-order valence-electron chi connectivity index (χ1n) is 4.87. The van der Waals surface area contributed by atoms with Crippen LogP contribution in [0.15, 0.2) is 36.5 Å². The Morgan fingerprint density at radius 3 is 2.82 bits per heavy atom. The lowest BCUT2D eigenvalue weighted by Gasteiger charge is -2.02. The van der Waals surface area contributed by atoms with Gasteiger partial charge in [-0.15, -0.1) is 5.10 Å². The Hall–Kier alpha value is -2.37. The van der Waals surface area contributed by atoms with Gasteiger partial charge in [0.1, 0.15) is 17.0 Å². The third kappa shape index (κ3) is 1.54. The van der Waals surface area contributed by atoms with Crippen molar-refractivity contribution in [3.63, 3.8) is 0 Å². The molecular formula is C11H6F2N4. The Labute approximate surface area is 94.5 Å². The van der Waals surface area contributed by atoms with Crippen LogP contribution in [0.1, 0.15) is 0 Å². The summed E-state index contributed by atoms with van der Waals surface area (Å²) < 4.78 is 27.6. The minimum absolute atomic E-state index is 0.118. The predicted octanol–water partition coefficient (Wildman–Crippen LogP) is 2.09. The van der Waals surface area contributed by atoms with Gasteiger partial charge < -0.3 is 0 Å². The van der Waals surface area contributed by atoms with E-state index in [2.05, 4.69) is 15.3 Å². The smallest absolute Gasteiger partial charge is 0.183 e. The molecule has 0 saturated heterocycles. The molecule has 0 atom stereocenters. The van der Waals surface area contributed by atoms with Crippen LogP contribution in [-0.4, -0.2) is 20.0 Å². The summed E-state index contributed by atoms with van der Waals surface area (Å²) in [4.78, 5) is 4.06. The molecule has 84 valence electrons. The zero-order valence-electron chi connectivity index (χ0n) is 8.51. The van der Waals surface area contributed by atoms with Crippen molar-refractivity contribution < 1.29 is 8.78 Å². The minimum atomic E-state index is -0.706. The molecule has 0 fully saturated rings. The molecule has 0 bridgehead atoms. The van der Waals surface area contributed by atoms with Crippen molar-refractivity contribution in [2.75, 3.05) is 0 Å². The van der Waals surface area contributed by atoms with Crippen LogP contribution < -0.4 is 0 Å². The Kier molecular flexibility index (Phi) is 2.07. The number of fused-ring (bicyclic) bond motifs is 1. The van der Waals surface area contributed by atoms with Crippen molar-refractivity contribution in [1.82, 2.24) is 20.0 Å². The third-order valence-corrected chi connectivity index (χ3v) is 2.35. The Bertz CT molecular complexity index is 693. The van der Waals surface area contributed by atoms with Crippen LogP contribution in [0.25, 0.3) is 16.9 Å². The van der Waals surface area contributed by atoms with Crippen LogP contribution in [0.2, 0.25) is 0 Å². The molecular weight excluding hydrogens is 226 g/mol. The summed E-state index contributed by atoms with van der Waals surface area (Å²) in [5, 5.41) is 7.65. The molecule has 2 heterocycles. The largest absolute Gasteiger partial charge is 0.235 e. The van der Waals surface area contributed by atoms with Gasteiger partial charge >= 0.3 is 0 Å². The van der Waals surface area contributed by atoms with Gasteiger partial charge in [-0.1, -0.05) is 5.21 Å². The fourth-order valence-electron chi connectivity index (χ4n) is 1.58. The molecule has 0 aliphatic rings. The Balaban J connectivity index is 2.27. The highest BCUT2D eigenvalue weighted by Gasteiger charge is 2.11. The number of aromatic nitrogens is 4. The van der Waals surface area contributed by atoms with Crippen LogP contribution in [0.5, 0.6) is 0 Å². The molecule has 0 aliphatic carbocycles. The summed E-state index contributed by atoms with van der Waals surface area (Å²) in [6.45, 7) is 0. The molecule has 6 heteroatoms. The van der Waals surface area contributed by atoms with Gasteiger partial charge in [0, 0.05) is 12.3 Å². The average Bonchev–Trinajstić information content (AvgIpc) is 2.73. The molecule has 17 heavy (non-hydrogen) atoms. The van der Waals surface area contributed by atoms with Crippen LogP contribution in [0.4, 0.5) is 8.78 Å². The lowest BCUT2D eigenvalue weighted by atomic mass is 10.3. The van der Waals surface area contributed by atoms with Gasteiger partial charge in [0.15, 0.2) is 11.5 Å². The highest BCUT2D eigenvalue weighted by Crippen LogP contribution is 2.17. The standard InChI is InChI=1S/C11H6F2N4/c12-7-3-4-10(8(13)6-7)17-11-9(15-16-17)2-1-5-14-11/h1-6H. The second-order valence-corrected chi connectivity index (χ2v) is 3.44. The topological polar surface area (TPSA) is 43.6 Å². The number of nitrogens with zero attached hydrogens (tertiary/aromatic N) is 4. The van der Waals surface area contributed by atoms with E-state index in [-0.39, 0.29) is 5.69 Å². The number of benzene rings is 1. The molecule has 0 radical (unpaired) electrons. The average molecular weight is 232 g/mol. The molecule has 2 aromatic heterocycles. The predicted molar refractivity (Wildman–Crippen MR) is 56.6 cm³/mol.